The molecular weight excluding hydrogens is 536 g/mol. The maximum Gasteiger partial charge on any atom is 0.271 e. The number of methoxy groups -OCH3 is 1. The number of likely N-dealkylation sites (N-methyl/N-ethyl adjacent to an activating group) is 1. The Labute approximate surface area is 233 Å². The van der Waals surface area contributed by atoms with E-state index in [-0.39, 0.29) is 35.1 Å². The SMILES string of the molecule is CCNC(=O)[C@H](CC)N(Cc1cccc(OC)c1)C(=O)CN(c1cccc([N+](=O)[O-])c1)S(=O)(=O)c1ccccc1. The summed E-state index contributed by atoms with van der Waals surface area (Å²) < 4.78 is 33.7. The van der Waals surface area contributed by atoms with Crippen LogP contribution in [-0.2, 0) is 26.2 Å². The number of carbonyl (C=O) groups excluding carboxylic acids is 2. The third kappa shape index (κ3) is 7.14. The summed E-state index contributed by atoms with van der Waals surface area (Å²) in [6.07, 6.45) is 0.268. The van der Waals surface area contributed by atoms with E-state index in [1.165, 1.54) is 54.5 Å². The fourth-order valence-corrected chi connectivity index (χ4v) is 5.62. The van der Waals surface area contributed by atoms with Gasteiger partial charge in [0.05, 0.1) is 22.6 Å². The van der Waals surface area contributed by atoms with Crippen molar-refractivity contribution in [3.63, 3.8) is 0 Å². The highest BCUT2D eigenvalue weighted by molar-refractivity contribution is 7.92. The number of nitrogens with one attached hydrogen (secondary N) is 1. The fraction of sp³-hybridized carbons (Fsp3) is 0.286. The molecule has 0 aliphatic carbocycles. The van der Waals surface area contributed by atoms with E-state index in [9.17, 15) is 28.1 Å². The maximum absolute atomic E-state index is 14.0. The number of nitro benzene ring substituents is 1. The number of sulfonamides is 1. The van der Waals surface area contributed by atoms with Crippen LogP contribution in [0.15, 0.2) is 83.8 Å². The zero-order chi connectivity index (χ0) is 29.3. The summed E-state index contributed by atoms with van der Waals surface area (Å²) in [4.78, 5) is 39.0. The number of hydrogen-bond donors (Lipinski definition) is 1. The van der Waals surface area contributed by atoms with Gasteiger partial charge in [0.25, 0.3) is 15.7 Å². The second kappa shape index (κ2) is 13.6. The Kier molecular flexibility index (Phi) is 10.2. The van der Waals surface area contributed by atoms with Crippen LogP contribution in [0.1, 0.15) is 25.8 Å². The van der Waals surface area contributed by atoms with Crippen LogP contribution in [0.5, 0.6) is 5.75 Å². The molecule has 0 radical (unpaired) electrons. The van der Waals surface area contributed by atoms with Gasteiger partial charge in [-0.1, -0.05) is 43.3 Å². The van der Waals surface area contributed by atoms with Gasteiger partial charge in [-0.25, -0.2) is 8.42 Å². The molecule has 0 aliphatic rings. The van der Waals surface area contributed by atoms with E-state index < -0.39 is 33.4 Å². The van der Waals surface area contributed by atoms with Crippen molar-refractivity contribution in [2.24, 2.45) is 0 Å². The van der Waals surface area contributed by atoms with E-state index in [1.807, 2.05) is 0 Å². The van der Waals surface area contributed by atoms with Gasteiger partial charge in [0.1, 0.15) is 18.3 Å². The van der Waals surface area contributed by atoms with E-state index in [1.54, 1.807) is 44.2 Å². The van der Waals surface area contributed by atoms with Crippen molar-refractivity contribution >= 4 is 33.2 Å². The Morgan fingerprint density at radius 3 is 2.33 bits per heavy atom. The molecule has 212 valence electrons. The van der Waals surface area contributed by atoms with Gasteiger partial charge < -0.3 is 15.0 Å². The van der Waals surface area contributed by atoms with Gasteiger partial charge in [-0.15, -0.1) is 0 Å². The van der Waals surface area contributed by atoms with Gasteiger partial charge in [-0.2, -0.15) is 0 Å². The lowest BCUT2D eigenvalue weighted by molar-refractivity contribution is -0.384. The Morgan fingerprint density at radius 1 is 1.00 bits per heavy atom. The topological polar surface area (TPSA) is 139 Å². The highest BCUT2D eigenvalue weighted by Crippen LogP contribution is 2.28. The third-order valence-electron chi connectivity index (χ3n) is 6.16. The molecule has 0 aromatic heterocycles. The molecule has 3 aromatic carbocycles. The minimum absolute atomic E-state index is 0.000162. The van der Waals surface area contributed by atoms with Gasteiger partial charge in [-0.05, 0) is 49.2 Å². The van der Waals surface area contributed by atoms with Crippen molar-refractivity contribution < 1.29 is 27.7 Å². The standard InChI is InChI=1S/C28H32N4O7S/c1-4-26(28(34)29-5-2)30(19-21-11-9-14-24(17-21)39-3)27(33)20-31(22-12-10-13-23(18-22)32(35)36)40(37,38)25-15-7-6-8-16-25/h6-18,26H,4-5,19-20H2,1-3H3,(H,29,34)/t26-/m0/s1. The quantitative estimate of drug-likeness (QED) is 0.245. The predicted molar refractivity (Wildman–Crippen MR) is 150 cm³/mol. The molecule has 1 N–H and O–H groups in total. The average Bonchev–Trinajstić information content (AvgIpc) is 2.96. The molecule has 0 aliphatic heterocycles. The molecule has 12 heteroatoms. The Morgan fingerprint density at radius 2 is 1.70 bits per heavy atom. The summed E-state index contributed by atoms with van der Waals surface area (Å²) in [7, 11) is -2.82. The maximum atomic E-state index is 14.0. The zero-order valence-corrected chi connectivity index (χ0v) is 23.3. The van der Waals surface area contributed by atoms with Gasteiger partial charge >= 0.3 is 0 Å². The predicted octanol–water partition coefficient (Wildman–Crippen LogP) is 3.74. The number of nitro groups is 1. The molecule has 2 amide bonds. The van der Waals surface area contributed by atoms with Crippen LogP contribution in [-0.4, -0.2) is 56.3 Å². The van der Waals surface area contributed by atoms with Gasteiger partial charge in [0.15, 0.2) is 0 Å². The fourth-order valence-electron chi connectivity index (χ4n) is 4.19. The second-order valence-corrected chi connectivity index (χ2v) is 10.7. The molecule has 0 heterocycles. The van der Waals surface area contributed by atoms with Crippen LogP contribution < -0.4 is 14.4 Å². The van der Waals surface area contributed by atoms with Gasteiger partial charge in [0, 0.05) is 25.2 Å². The molecule has 0 saturated heterocycles. The summed E-state index contributed by atoms with van der Waals surface area (Å²) in [6, 6.07) is 18.6. The summed E-state index contributed by atoms with van der Waals surface area (Å²) >= 11 is 0. The minimum Gasteiger partial charge on any atom is -0.497 e. The largest absolute Gasteiger partial charge is 0.497 e. The van der Waals surface area contributed by atoms with Crippen LogP contribution in [0.25, 0.3) is 0 Å². The molecule has 0 fully saturated rings. The number of non-ortho nitro benzene ring substituents is 1. The molecule has 3 aromatic rings. The number of anilines is 1. The van der Waals surface area contributed by atoms with Crippen LogP contribution in [0.2, 0.25) is 0 Å². The van der Waals surface area contributed by atoms with E-state index in [2.05, 4.69) is 5.32 Å². The number of carbonyl (C=O) groups is 2. The van der Waals surface area contributed by atoms with E-state index in [0.29, 0.717) is 17.9 Å². The molecule has 0 unspecified atom stereocenters. The van der Waals surface area contributed by atoms with Crippen LogP contribution in [0, 0.1) is 10.1 Å². The van der Waals surface area contributed by atoms with E-state index in [0.717, 1.165) is 10.4 Å². The average molecular weight is 569 g/mol. The normalized spacial score (nSPS) is 11.8. The Bertz CT molecular complexity index is 1450. The first-order chi connectivity index (χ1) is 19.1. The smallest absolute Gasteiger partial charge is 0.271 e. The monoisotopic (exact) mass is 568 g/mol. The minimum atomic E-state index is -4.33. The molecular formula is C28H32N4O7S. The summed E-state index contributed by atoms with van der Waals surface area (Å²) in [5.41, 5.74) is 0.280. The number of nitrogens with zero attached hydrogens (tertiary/aromatic N) is 3. The number of amides is 2. The number of ether oxygens (including phenoxy) is 1. The summed E-state index contributed by atoms with van der Waals surface area (Å²) in [6.45, 7) is 3.16. The van der Waals surface area contributed by atoms with Crippen LogP contribution >= 0.6 is 0 Å². The molecule has 40 heavy (non-hydrogen) atoms. The lowest BCUT2D eigenvalue weighted by atomic mass is 10.1. The van der Waals surface area contributed by atoms with Gasteiger partial charge in [-0.3, -0.25) is 24.0 Å². The lowest BCUT2D eigenvalue weighted by Gasteiger charge is -2.33. The zero-order valence-electron chi connectivity index (χ0n) is 22.5. The first-order valence-electron chi connectivity index (χ1n) is 12.6. The van der Waals surface area contributed by atoms with Crippen molar-refractivity contribution in [1.29, 1.82) is 0 Å². The highest BCUT2D eigenvalue weighted by Gasteiger charge is 2.34. The molecule has 0 bridgehead atoms. The molecule has 0 saturated carbocycles. The molecule has 1 atom stereocenters. The van der Waals surface area contributed by atoms with Crippen molar-refractivity contribution in [2.75, 3.05) is 24.5 Å². The summed E-state index contributed by atoms with van der Waals surface area (Å²) in [5.74, 6) is -0.484. The number of hydrogen-bond acceptors (Lipinski definition) is 7. The van der Waals surface area contributed by atoms with Crippen molar-refractivity contribution in [3.05, 3.63) is 94.5 Å². The van der Waals surface area contributed by atoms with Crippen LogP contribution in [0.4, 0.5) is 11.4 Å². The van der Waals surface area contributed by atoms with E-state index in [4.69, 9.17) is 4.74 Å². The Balaban J connectivity index is 2.10. The molecule has 11 nitrogen and oxygen atoms in total. The highest BCUT2D eigenvalue weighted by atomic mass is 32.2. The third-order valence-corrected chi connectivity index (χ3v) is 7.95. The first kappa shape index (κ1) is 30.1. The van der Waals surface area contributed by atoms with Crippen molar-refractivity contribution in [1.82, 2.24) is 10.2 Å². The number of rotatable bonds is 13. The molecule has 3 rings (SSSR count). The van der Waals surface area contributed by atoms with E-state index >= 15 is 0 Å². The Hall–Kier alpha value is -4.45. The second-order valence-electron chi connectivity index (χ2n) is 8.79. The van der Waals surface area contributed by atoms with Crippen molar-refractivity contribution in [2.45, 2.75) is 37.8 Å². The number of benzene rings is 3. The summed E-state index contributed by atoms with van der Waals surface area (Å²) in [5, 5.41) is 14.2. The van der Waals surface area contributed by atoms with Crippen molar-refractivity contribution in [3.8, 4) is 5.75 Å². The molecule has 0 spiro atoms. The van der Waals surface area contributed by atoms with Gasteiger partial charge in [0.2, 0.25) is 11.8 Å². The van der Waals surface area contributed by atoms with Crippen LogP contribution in [0.3, 0.4) is 0 Å². The first-order valence-corrected chi connectivity index (χ1v) is 14.1. The lowest BCUT2D eigenvalue weighted by Crippen LogP contribution is -2.52.